The van der Waals surface area contributed by atoms with Gasteiger partial charge < -0.3 is 24.6 Å². The summed E-state index contributed by atoms with van der Waals surface area (Å²) in [4.78, 5) is 15.0. The Hall–Kier alpha value is -3.17. The largest absolute Gasteiger partial charge is 0.493 e. The number of aliphatic hydroxyl groups excluding tert-OH is 1. The van der Waals surface area contributed by atoms with Crippen molar-refractivity contribution in [1.82, 2.24) is 5.32 Å². The number of hydrogen-bond donors (Lipinski definition) is 2. The highest BCUT2D eigenvalue weighted by atomic mass is 19.1. The molecule has 0 aliphatic rings. The fraction of sp³-hybridized carbons (Fsp3) is 0.519. The maximum Gasteiger partial charge on any atom is 0.223 e. The Morgan fingerprint density at radius 3 is 2.54 bits per heavy atom. The van der Waals surface area contributed by atoms with E-state index >= 15 is 0 Å². The lowest BCUT2D eigenvalue weighted by Gasteiger charge is -2.25. The van der Waals surface area contributed by atoms with E-state index < -0.39 is 18.1 Å². The number of amides is 1. The van der Waals surface area contributed by atoms with Crippen molar-refractivity contribution < 1.29 is 28.5 Å². The minimum absolute atomic E-state index is 0.00386. The maximum atomic E-state index is 13.4. The fourth-order valence-corrected chi connectivity index (χ4v) is 3.90. The average Bonchev–Trinajstić information content (AvgIpc) is 2.89. The molecular weight excluding hydrogens is 479 g/mol. The summed E-state index contributed by atoms with van der Waals surface area (Å²) in [6.07, 6.45) is -0.184. The Labute approximate surface area is 217 Å². The first-order valence-electron chi connectivity index (χ1n) is 12.3. The van der Waals surface area contributed by atoms with Crippen LogP contribution in [0, 0.1) is 17.7 Å². The quantitative estimate of drug-likeness (QED) is 0.142. The van der Waals surface area contributed by atoms with E-state index in [1.54, 1.807) is 26.3 Å². The van der Waals surface area contributed by atoms with Gasteiger partial charge in [0.15, 0.2) is 0 Å². The Bertz CT molecular complexity index is 1030. The zero-order chi connectivity index (χ0) is 27.2. The smallest absolute Gasteiger partial charge is 0.223 e. The number of aliphatic hydroxyl groups is 1. The van der Waals surface area contributed by atoms with Gasteiger partial charge in [0.05, 0.1) is 32.0 Å². The third kappa shape index (κ3) is 9.66. The van der Waals surface area contributed by atoms with Crippen molar-refractivity contribution in [1.29, 1.82) is 0 Å². The molecule has 9 nitrogen and oxygen atoms in total. The fourth-order valence-electron chi connectivity index (χ4n) is 3.90. The Balaban J connectivity index is 2.10. The summed E-state index contributed by atoms with van der Waals surface area (Å²) >= 11 is 0. The van der Waals surface area contributed by atoms with Gasteiger partial charge in [0.2, 0.25) is 5.91 Å². The van der Waals surface area contributed by atoms with E-state index in [-0.39, 0.29) is 37.3 Å². The number of carbonyl (C=O) groups excluding carboxylic acids is 1. The number of halogens is 1. The Morgan fingerprint density at radius 1 is 1.19 bits per heavy atom. The number of carbonyl (C=O) groups is 1. The van der Waals surface area contributed by atoms with E-state index in [0.29, 0.717) is 25.4 Å². The number of benzene rings is 2. The van der Waals surface area contributed by atoms with Gasteiger partial charge in [-0.05, 0) is 47.2 Å². The number of nitrogens with one attached hydrogen (secondary N) is 1. The van der Waals surface area contributed by atoms with Crippen LogP contribution in [0.15, 0.2) is 47.6 Å². The normalized spacial score (nSPS) is 13.5. The summed E-state index contributed by atoms with van der Waals surface area (Å²) in [5.74, 6) is -0.282. The zero-order valence-corrected chi connectivity index (χ0v) is 21.9. The predicted octanol–water partition coefficient (Wildman–Crippen LogP) is 4.87. The van der Waals surface area contributed by atoms with E-state index in [9.17, 15) is 14.3 Å². The van der Waals surface area contributed by atoms with Crippen molar-refractivity contribution >= 4 is 5.91 Å². The summed E-state index contributed by atoms with van der Waals surface area (Å²) in [6.45, 7) is 4.97. The molecule has 0 aliphatic carbocycles. The van der Waals surface area contributed by atoms with Gasteiger partial charge in [0.25, 0.3) is 0 Å². The minimum atomic E-state index is -1.04. The van der Waals surface area contributed by atoms with Crippen molar-refractivity contribution in [3.63, 3.8) is 0 Å². The molecule has 10 heteroatoms. The lowest BCUT2D eigenvalue weighted by molar-refractivity contribution is -0.127. The van der Waals surface area contributed by atoms with Gasteiger partial charge in [0, 0.05) is 43.6 Å². The topological polar surface area (TPSA) is 126 Å². The van der Waals surface area contributed by atoms with Crippen LogP contribution in [-0.2, 0) is 20.9 Å². The van der Waals surface area contributed by atoms with Crippen LogP contribution < -0.4 is 10.1 Å². The van der Waals surface area contributed by atoms with Crippen molar-refractivity contribution in [2.45, 2.75) is 45.4 Å². The first-order valence-corrected chi connectivity index (χ1v) is 12.3. The van der Waals surface area contributed by atoms with E-state index in [1.165, 1.54) is 12.1 Å². The second-order valence-corrected chi connectivity index (χ2v) is 9.09. The summed E-state index contributed by atoms with van der Waals surface area (Å²) in [7, 11) is 3.18. The third-order valence-corrected chi connectivity index (χ3v) is 6.04. The number of rotatable bonds is 16. The molecule has 2 rings (SSSR count). The maximum absolute atomic E-state index is 13.4. The molecule has 0 fully saturated rings. The molecule has 37 heavy (non-hydrogen) atoms. The molecule has 3 atom stereocenters. The molecule has 2 N–H and O–H groups in total. The highest BCUT2D eigenvalue weighted by molar-refractivity contribution is 5.78. The number of nitrogens with zero attached hydrogens (tertiary/aromatic N) is 3. The molecule has 0 saturated heterocycles. The van der Waals surface area contributed by atoms with Crippen LogP contribution in [-0.4, -0.2) is 57.1 Å². The minimum Gasteiger partial charge on any atom is -0.493 e. The molecule has 0 bridgehead atoms. The molecule has 0 spiro atoms. The van der Waals surface area contributed by atoms with Gasteiger partial charge in [-0.1, -0.05) is 43.2 Å². The number of hydrogen-bond acceptors (Lipinski definition) is 6. The number of azide groups is 1. The summed E-state index contributed by atoms with van der Waals surface area (Å²) in [5.41, 5.74) is 11.4. The van der Waals surface area contributed by atoms with Crippen molar-refractivity contribution in [2.24, 2.45) is 17.0 Å². The monoisotopic (exact) mass is 516 g/mol. The van der Waals surface area contributed by atoms with Gasteiger partial charge in [0.1, 0.15) is 11.6 Å². The van der Waals surface area contributed by atoms with Gasteiger partial charge in [-0.15, -0.1) is 0 Å². The van der Waals surface area contributed by atoms with Crippen LogP contribution in [0.1, 0.15) is 32.3 Å². The van der Waals surface area contributed by atoms with E-state index in [4.69, 9.17) is 19.7 Å². The van der Waals surface area contributed by atoms with Crippen LogP contribution in [0.3, 0.4) is 0 Å². The second kappa shape index (κ2) is 15.8. The van der Waals surface area contributed by atoms with Crippen LogP contribution in [0.25, 0.3) is 21.6 Å². The average molecular weight is 517 g/mol. The second-order valence-electron chi connectivity index (χ2n) is 9.09. The van der Waals surface area contributed by atoms with Crippen molar-refractivity contribution in [3.05, 3.63) is 64.3 Å². The first-order chi connectivity index (χ1) is 17.8. The van der Waals surface area contributed by atoms with Crippen molar-refractivity contribution in [2.75, 3.05) is 34.0 Å². The van der Waals surface area contributed by atoms with Crippen molar-refractivity contribution in [3.8, 4) is 16.9 Å². The molecule has 0 heterocycles. The molecule has 2 aromatic rings. The molecular formula is C27H37FN4O5. The molecule has 1 amide bonds. The molecule has 0 aliphatic heterocycles. The first kappa shape index (κ1) is 30.1. The molecule has 0 saturated carbocycles. The summed E-state index contributed by atoms with van der Waals surface area (Å²) < 4.78 is 30.3. The summed E-state index contributed by atoms with van der Waals surface area (Å²) in [5, 5.41) is 17.0. The molecule has 0 unspecified atom stereocenters. The van der Waals surface area contributed by atoms with Gasteiger partial charge in [-0.25, -0.2) is 4.39 Å². The molecule has 2 aromatic carbocycles. The highest BCUT2D eigenvalue weighted by Gasteiger charge is 2.28. The number of methoxy groups -OCH3 is 1. The van der Waals surface area contributed by atoms with E-state index in [1.807, 2.05) is 32.0 Å². The van der Waals surface area contributed by atoms with Crippen LogP contribution in [0.2, 0.25) is 0 Å². The molecule has 0 radical (unpaired) electrons. The SMILES string of the molecule is CNC(=O)[C@@H](C[C@H](O)[C@H](COCc1ccc(-c2ccc(F)cc2)c(OCCCOC)c1)N=[N+]=[N-])C(C)C. The zero-order valence-electron chi connectivity index (χ0n) is 21.9. The highest BCUT2D eigenvalue weighted by Crippen LogP contribution is 2.32. The van der Waals surface area contributed by atoms with Crippen LogP contribution in [0.5, 0.6) is 5.75 Å². The third-order valence-electron chi connectivity index (χ3n) is 6.04. The Morgan fingerprint density at radius 2 is 1.92 bits per heavy atom. The Kier molecular flexibility index (Phi) is 12.9. The van der Waals surface area contributed by atoms with Gasteiger partial charge >= 0.3 is 0 Å². The predicted molar refractivity (Wildman–Crippen MR) is 139 cm³/mol. The van der Waals surface area contributed by atoms with E-state index in [2.05, 4.69) is 15.3 Å². The lowest BCUT2D eigenvalue weighted by Crippen LogP contribution is -2.37. The standard InChI is InChI=1S/C27H37FN4O5/c1-18(2)23(27(34)30-3)15-25(33)24(31-32-29)17-36-16-19-6-11-22(20-7-9-21(28)10-8-20)26(14-19)37-13-5-12-35-4/h6-11,14,18,23-25,33H,5,12-13,15-17H2,1-4H3,(H,30,34)/t23-,24-,25-/m0/s1. The number of ether oxygens (including phenoxy) is 3. The lowest BCUT2D eigenvalue weighted by atomic mass is 9.87. The molecule has 0 aromatic heterocycles. The summed E-state index contributed by atoms with van der Waals surface area (Å²) in [6, 6.07) is 10.9. The molecule has 202 valence electrons. The van der Waals surface area contributed by atoms with Crippen LogP contribution >= 0.6 is 0 Å². The van der Waals surface area contributed by atoms with Gasteiger partial charge in [-0.2, -0.15) is 0 Å². The van der Waals surface area contributed by atoms with Crippen LogP contribution in [0.4, 0.5) is 4.39 Å². The van der Waals surface area contributed by atoms with E-state index in [0.717, 1.165) is 16.7 Å². The van der Waals surface area contributed by atoms with Gasteiger partial charge in [-0.3, -0.25) is 4.79 Å².